The van der Waals surface area contributed by atoms with Gasteiger partial charge in [-0.25, -0.2) is 4.79 Å². The third kappa shape index (κ3) is 2.43. The van der Waals surface area contributed by atoms with E-state index in [0.717, 1.165) is 43.7 Å². The number of amides is 1. The molecule has 1 heterocycles. The number of ether oxygens (including phenoxy) is 1. The lowest BCUT2D eigenvalue weighted by Gasteiger charge is -2.56. The van der Waals surface area contributed by atoms with Crippen LogP contribution in [0, 0.1) is 17.8 Å². The standard InChI is InChI=1S/C16H26N2O2/c19-15(20-14-1-3-17-4-2-14)18-16-8-11-5-12(9-16)7-13(6-11)10-16/h11-14,17H,1-10H2,(H,18,19). The first-order valence-electron chi connectivity index (χ1n) is 8.40. The zero-order valence-corrected chi connectivity index (χ0v) is 12.2. The molecular weight excluding hydrogens is 252 g/mol. The molecule has 2 N–H and O–H groups in total. The van der Waals surface area contributed by atoms with E-state index in [1.165, 1.54) is 38.5 Å². The quantitative estimate of drug-likeness (QED) is 0.815. The zero-order chi connectivity index (χ0) is 13.6. The number of hydrogen-bond acceptors (Lipinski definition) is 3. The van der Waals surface area contributed by atoms with Gasteiger partial charge in [-0.1, -0.05) is 0 Å². The lowest BCUT2D eigenvalue weighted by atomic mass is 9.53. The van der Waals surface area contributed by atoms with Gasteiger partial charge in [-0.05, 0) is 82.2 Å². The molecule has 1 aliphatic heterocycles. The molecule has 20 heavy (non-hydrogen) atoms. The molecule has 0 unspecified atom stereocenters. The van der Waals surface area contributed by atoms with Crippen molar-refractivity contribution in [2.75, 3.05) is 13.1 Å². The van der Waals surface area contributed by atoms with Crippen molar-refractivity contribution in [3.8, 4) is 0 Å². The molecule has 0 atom stereocenters. The second-order valence-corrected chi connectivity index (χ2v) is 7.68. The number of carbonyl (C=O) groups is 1. The number of hydrogen-bond donors (Lipinski definition) is 2. The fourth-order valence-electron chi connectivity index (χ4n) is 5.57. The molecule has 5 fully saturated rings. The van der Waals surface area contributed by atoms with Gasteiger partial charge >= 0.3 is 6.09 Å². The smallest absolute Gasteiger partial charge is 0.407 e. The molecule has 0 spiro atoms. The van der Waals surface area contributed by atoms with Crippen LogP contribution < -0.4 is 10.6 Å². The minimum Gasteiger partial charge on any atom is -0.446 e. The molecule has 4 aliphatic carbocycles. The van der Waals surface area contributed by atoms with Crippen LogP contribution in [-0.2, 0) is 4.74 Å². The van der Waals surface area contributed by atoms with Gasteiger partial charge in [0.2, 0.25) is 0 Å². The topological polar surface area (TPSA) is 50.4 Å². The minimum absolute atomic E-state index is 0.0821. The van der Waals surface area contributed by atoms with Gasteiger partial charge < -0.3 is 15.4 Å². The van der Waals surface area contributed by atoms with Crippen LogP contribution in [0.2, 0.25) is 0 Å². The molecule has 0 aromatic heterocycles. The average Bonchev–Trinajstić information content (AvgIpc) is 2.37. The normalized spacial score (nSPS) is 43.5. The van der Waals surface area contributed by atoms with E-state index in [2.05, 4.69) is 10.6 Å². The maximum atomic E-state index is 12.2. The van der Waals surface area contributed by atoms with Crippen molar-refractivity contribution in [1.29, 1.82) is 0 Å². The molecular formula is C16H26N2O2. The van der Waals surface area contributed by atoms with E-state index in [4.69, 9.17) is 4.74 Å². The predicted molar refractivity (Wildman–Crippen MR) is 76.4 cm³/mol. The van der Waals surface area contributed by atoms with Crippen LogP contribution in [0.15, 0.2) is 0 Å². The fourth-order valence-corrected chi connectivity index (χ4v) is 5.57. The van der Waals surface area contributed by atoms with Crippen LogP contribution in [0.5, 0.6) is 0 Å². The summed E-state index contributed by atoms with van der Waals surface area (Å²) in [6.45, 7) is 1.94. The SMILES string of the molecule is O=C(NC12CC3CC(CC(C3)C1)C2)OC1CCNCC1. The molecule has 1 amide bonds. The van der Waals surface area contributed by atoms with Crippen molar-refractivity contribution >= 4 is 6.09 Å². The summed E-state index contributed by atoms with van der Waals surface area (Å²) < 4.78 is 5.64. The van der Waals surface area contributed by atoms with E-state index >= 15 is 0 Å². The maximum absolute atomic E-state index is 12.2. The number of alkyl carbamates (subject to hydrolysis) is 1. The zero-order valence-electron chi connectivity index (χ0n) is 12.2. The van der Waals surface area contributed by atoms with Gasteiger partial charge in [0.25, 0.3) is 0 Å². The molecule has 1 saturated heterocycles. The molecule has 5 aliphatic rings. The average molecular weight is 278 g/mol. The molecule has 0 aromatic rings. The number of nitrogens with one attached hydrogen (secondary N) is 2. The molecule has 4 saturated carbocycles. The van der Waals surface area contributed by atoms with Crippen molar-refractivity contribution in [1.82, 2.24) is 10.6 Å². The number of carbonyl (C=O) groups excluding carboxylic acids is 1. The summed E-state index contributed by atoms with van der Waals surface area (Å²) in [6, 6.07) is 0. The van der Waals surface area contributed by atoms with Crippen molar-refractivity contribution in [3.05, 3.63) is 0 Å². The first-order valence-corrected chi connectivity index (χ1v) is 8.40. The molecule has 4 bridgehead atoms. The Kier molecular flexibility index (Phi) is 3.17. The van der Waals surface area contributed by atoms with Crippen molar-refractivity contribution in [2.45, 2.75) is 63.0 Å². The molecule has 4 heteroatoms. The van der Waals surface area contributed by atoms with E-state index in [1.807, 2.05) is 0 Å². The van der Waals surface area contributed by atoms with Crippen molar-refractivity contribution in [2.24, 2.45) is 17.8 Å². The molecule has 0 aromatic carbocycles. The second kappa shape index (κ2) is 4.90. The second-order valence-electron chi connectivity index (χ2n) is 7.68. The first-order chi connectivity index (χ1) is 9.71. The van der Waals surface area contributed by atoms with Gasteiger partial charge in [-0.2, -0.15) is 0 Å². The summed E-state index contributed by atoms with van der Waals surface area (Å²) in [5.74, 6) is 2.58. The molecule has 112 valence electrons. The van der Waals surface area contributed by atoms with Gasteiger partial charge in [0, 0.05) is 5.54 Å². The van der Waals surface area contributed by atoms with E-state index < -0.39 is 0 Å². The lowest BCUT2D eigenvalue weighted by molar-refractivity contribution is -0.0230. The summed E-state index contributed by atoms with van der Waals surface area (Å²) in [6.07, 6.45) is 9.67. The van der Waals surface area contributed by atoms with Crippen LogP contribution >= 0.6 is 0 Å². The van der Waals surface area contributed by atoms with E-state index in [9.17, 15) is 4.79 Å². The van der Waals surface area contributed by atoms with E-state index in [0.29, 0.717) is 0 Å². The summed E-state index contributed by atoms with van der Waals surface area (Å²) in [7, 11) is 0. The Labute approximate surface area is 121 Å². The van der Waals surface area contributed by atoms with Crippen LogP contribution in [0.1, 0.15) is 51.4 Å². The predicted octanol–water partition coefficient (Wildman–Crippen LogP) is 2.43. The number of rotatable bonds is 2. The molecule has 4 nitrogen and oxygen atoms in total. The third-order valence-corrected chi connectivity index (χ3v) is 5.97. The summed E-state index contributed by atoms with van der Waals surface area (Å²) in [4.78, 5) is 12.2. The van der Waals surface area contributed by atoms with Crippen LogP contribution in [-0.4, -0.2) is 30.8 Å². The number of piperidine rings is 1. The highest BCUT2D eigenvalue weighted by atomic mass is 16.6. The summed E-state index contributed by atoms with van der Waals surface area (Å²) in [5, 5.41) is 6.59. The minimum atomic E-state index is -0.154. The fraction of sp³-hybridized carbons (Fsp3) is 0.938. The van der Waals surface area contributed by atoms with E-state index in [-0.39, 0.29) is 17.7 Å². The van der Waals surface area contributed by atoms with Gasteiger partial charge in [-0.15, -0.1) is 0 Å². The van der Waals surface area contributed by atoms with Gasteiger partial charge in [0.15, 0.2) is 0 Å². The van der Waals surface area contributed by atoms with E-state index in [1.54, 1.807) is 0 Å². The maximum Gasteiger partial charge on any atom is 0.407 e. The van der Waals surface area contributed by atoms with Crippen LogP contribution in [0.25, 0.3) is 0 Å². The Hall–Kier alpha value is -0.770. The largest absolute Gasteiger partial charge is 0.446 e. The highest BCUT2D eigenvalue weighted by Crippen LogP contribution is 2.55. The lowest BCUT2D eigenvalue weighted by Crippen LogP contribution is -2.60. The monoisotopic (exact) mass is 278 g/mol. The van der Waals surface area contributed by atoms with Crippen LogP contribution in [0.4, 0.5) is 4.79 Å². The van der Waals surface area contributed by atoms with Crippen molar-refractivity contribution < 1.29 is 9.53 Å². The Balaban J connectivity index is 1.37. The Morgan fingerprint density at radius 3 is 2.10 bits per heavy atom. The molecule has 5 rings (SSSR count). The highest BCUT2D eigenvalue weighted by molar-refractivity contribution is 5.68. The van der Waals surface area contributed by atoms with Crippen LogP contribution in [0.3, 0.4) is 0 Å². The third-order valence-electron chi connectivity index (χ3n) is 5.97. The van der Waals surface area contributed by atoms with Gasteiger partial charge in [0.1, 0.15) is 6.10 Å². The van der Waals surface area contributed by atoms with Crippen molar-refractivity contribution in [3.63, 3.8) is 0 Å². The summed E-state index contributed by atoms with van der Waals surface area (Å²) >= 11 is 0. The Morgan fingerprint density at radius 2 is 1.55 bits per heavy atom. The Bertz CT molecular complexity index is 355. The summed E-state index contributed by atoms with van der Waals surface area (Å²) in [5.41, 5.74) is 0.0821. The molecule has 0 radical (unpaired) electrons. The first kappa shape index (κ1) is 12.9. The van der Waals surface area contributed by atoms with Gasteiger partial charge in [-0.3, -0.25) is 0 Å². The van der Waals surface area contributed by atoms with Gasteiger partial charge in [0.05, 0.1) is 0 Å². The highest BCUT2D eigenvalue weighted by Gasteiger charge is 2.51. The Morgan fingerprint density at radius 1 is 1.00 bits per heavy atom.